The maximum Gasteiger partial charge on any atom is 0.243 e. The molecule has 1 aromatic carbocycles. The fourth-order valence-electron chi connectivity index (χ4n) is 2.83. The zero-order valence-electron chi connectivity index (χ0n) is 16.1. The molecule has 7 heteroatoms. The summed E-state index contributed by atoms with van der Waals surface area (Å²) in [5, 5.41) is 2.95. The molecule has 0 fully saturated rings. The first-order valence-corrected chi connectivity index (χ1v) is 10.6. The molecule has 2 rings (SSSR count). The highest BCUT2D eigenvalue weighted by Gasteiger charge is 2.21. The van der Waals surface area contributed by atoms with Gasteiger partial charge in [0.05, 0.1) is 10.9 Å². The molecule has 0 radical (unpaired) electrons. The number of sulfonamides is 1. The standard InChI is InChI=1S/C20H27N3O3S/c1-4-23(5-2)27(25,26)19-11-8-17(9-12-19)10-13-20(24)22-16(3)18-7-6-14-21-15-18/h6-9,11-12,14-16H,4-5,10,13H2,1-3H3,(H,22,24). The van der Waals surface area contributed by atoms with Crippen LogP contribution >= 0.6 is 0 Å². The van der Waals surface area contributed by atoms with Crippen molar-refractivity contribution in [3.8, 4) is 0 Å². The zero-order chi connectivity index (χ0) is 19.9. The van der Waals surface area contributed by atoms with E-state index in [1.165, 1.54) is 4.31 Å². The van der Waals surface area contributed by atoms with Crippen LogP contribution in [0.3, 0.4) is 0 Å². The van der Waals surface area contributed by atoms with Crippen LogP contribution in [0.1, 0.15) is 44.4 Å². The van der Waals surface area contributed by atoms with Crippen molar-refractivity contribution in [2.75, 3.05) is 13.1 Å². The van der Waals surface area contributed by atoms with E-state index in [9.17, 15) is 13.2 Å². The third-order valence-electron chi connectivity index (χ3n) is 4.47. The van der Waals surface area contributed by atoms with E-state index in [4.69, 9.17) is 0 Å². The summed E-state index contributed by atoms with van der Waals surface area (Å²) in [5.74, 6) is -0.0498. The lowest BCUT2D eigenvalue weighted by Crippen LogP contribution is -2.30. The molecule has 0 aliphatic rings. The molecule has 0 saturated heterocycles. The Bertz CT molecular complexity index is 833. The molecular weight excluding hydrogens is 362 g/mol. The maximum absolute atomic E-state index is 12.5. The largest absolute Gasteiger partial charge is 0.350 e. The number of nitrogens with zero attached hydrogens (tertiary/aromatic N) is 2. The van der Waals surface area contributed by atoms with E-state index in [1.807, 2.05) is 32.9 Å². The number of amides is 1. The predicted octanol–water partition coefficient (Wildman–Crippen LogP) is 2.92. The van der Waals surface area contributed by atoms with Crippen LogP contribution < -0.4 is 5.32 Å². The van der Waals surface area contributed by atoms with Gasteiger partial charge in [-0.25, -0.2) is 8.42 Å². The van der Waals surface area contributed by atoms with Crippen LogP contribution in [0.5, 0.6) is 0 Å². The average molecular weight is 390 g/mol. The topological polar surface area (TPSA) is 79.4 Å². The predicted molar refractivity (Wildman–Crippen MR) is 106 cm³/mol. The van der Waals surface area contributed by atoms with Crippen molar-refractivity contribution in [1.82, 2.24) is 14.6 Å². The lowest BCUT2D eigenvalue weighted by atomic mass is 10.1. The highest BCUT2D eigenvalue weighted by atomic mass is 32.2. The van der Waals surface area contributed by atoms with E-state index in [1.54, 1.807) is 36.7 Å². The van der Waals surface area contributed by atoms with E-state index < -0.39 is 10.0 Å². The van der Waals surface area contributed by atoms with Gasteiger partial charge < -0.3 is 5.32 Å². The summed E-state index contributed by atoms with van der Waals surface area (Å²) in [4.78, 5) is 16.5. The number of aryl methyl sites for hydroxylation is 1. The Kier molecular flexibility index (Phi) is 7.50. The Hall–Kier alpha value is -2.25. The van der Waals surface area contributed by atoms with E-state index in [-0.39, 0.29) is 16.8 Å². The molecule has 1 atom stereocenters. The summed E-state index contributed by atoms with van der Waals surface area (Å²) < 4.78 is 26.4. The number of aromatic nitrogens is 1. The first-order chi connectivity index (χ1) is 12.9. The lowest BCUT2D eigenvalue weighted by molar-refractivity contribution is -0.121. The van der Waals surface area contributed by atoms with Gasteiger partial charge in [0.25, 0.3) is 0 Å². The molecular formula is C20H27N3O3S. The van der Waals surface area contributed by atoms with Crippen molar-refractivity contribution in [3.05, 3.63) is 59.9 Å². The van der Waals surface area contributed by atoms with E-state index in [0.29, 0.717) is 25.9 Å². The number of hydrogen-bond donors (Lipinski definition) is 1. The van der Waals surface area contributed by atoms with E-state index >= 15 is 0 Å². The molecule has 6 nitrogen and oxygen atoms in total. The van der Waals surface area contributed by atoms with Crippen LogP contribution in [-0.2, 0) is 21.2 Å². The number of rotatable bonds is 9. The second-order valence-electron chi connectivity index (χ2n) is 6.31. The highest BCUT2D eigenvalue weighted by molar-refractivity contribution is 7.89. The van der Waals surface area contributed by atoms with Crippen molar-refractivity contribution in [1.29, 1.82) is 0 Å². The van der Waals surface area contributed by atoms with Crippen molar-refractivity contribution >= 4 is 15.9 Å². The van der Waals surface area contributed by atoms with Crippen LogP contribution in [0.25, 0.3) is 0 Å². The van der Waals surface area contributed by atoms with Gasteiger partial charge in [-0.15, -0.1) is 0 Å². The summed E-state index contributed by atoms with van der Waals surface area (Å²) >= 11 is 0. The number of hydrogen-bond acceptors (Lipinski definition) is 4. The Morgan fingerprint density at radius 2 is 1.81 bits per heavy atom. The summed E-state index contributed by atoms with van der Waals surface area (Å²) in [5.41, 5.74) is 1.88. The second-order valence-corrected chi connectivity index (χ2v) is 8.25. The molecule has 27 heavy (non-hydrogen) atoms. The van der Waals surface area contributed by atoms with Gasteiger partial charge in [0.1, 0.15) is 0 Å². The van der Waals surface area contributed by atoms with E-state index in [0.717, 1.165) is 11.1 Å². The Morgan fingerprint density at radius 3 is 2.37 bits per heavy atom. The minimum atomic E-state index is -3.45. The fourth-order valence-corrected chi connectivity index (χ4v) is 4.29. The molecule has 0 saturated carbocycles. The van der Waals surface area contributed by atoms with Gasteiger partial charge in [-0.05, 0) is 42.7 Å². The number of benzene rings is 1. The second kappa shape index (κ2) is 9.62. The van der Waals surface area contributed by atoms with Crippen LogP contribution in [-0.4, -0.2) is 36.7 Å². The Balaban J connectivity index is 1.92. The fraction of sp³-hybridized carbons (Fsp3) is 0.400. The van der Waals surface area contributed by atoms with Gasteiger partial charge in [0.2, 0.25) is 15.9 Å². The summed E-state index contributed by atoms with van der Waals surface area (Å²) in [6.45, 7) is 6.44. The minimum Gasteiger partial charge on any atom is -0.350 e. The van der Waals surface area contributed by atoms with Gasteiger partial charge in [-0.1, -0.05) is 32.0 Å². The van der Waals surface area contributed by atoms with Crippen molar-refractivity contribution in [3.63, 3.8) is 0 Å². The van der Waals surface area contributed by atoms with Crippen LogP contribution in [0.4, 0.5) is 0 Å². The minimum absolute atomic E-state index is 0.0498. The maximum atomic E-state index is 12.5. The van der Waals surface area contributed by atoms with E-state index in [2.05, 4.69) is 10.3 Å². The molecule has 0 aliphatic heterocycles. The molecule has 1 amide bonds. The van der Waals surface area contributed by atoms with Gasteiger partial charge in [-0.3, -0.25) is 9.78 Å². The summed E-state index contributed by atoms with van der Waals surface area (Å²) in [6.07, 6.45) is 4.33. The smallest absolute Gasteiger partial charge is 0.243 e. The molecule has 1 unspecified atom stereocenters. The lowest BCUT2D eigenvalue weighted by Gasteiger charge is -2.18. The summed E-state index contributed by atoms with van der Waals surface area (Å²) in [7, 11) is -3.45. The number of pyridine rings is 1. The van der Waals surface area contributed by atoms with Crippen LogP contribution in [0.2, 0.25) is 0 Å². The van der Waals surface area contributed by atoms with Gasteiger partial charge in [0.15, 0.2) is 0 Å². The molecule has 146 valence electrons. The zero-order valence-corrected chi connectivity index (χ0v) is 16.9. The van der Waals surface area contributed by atoms with Gasteiger partial charge >= 0.3 is 0 Å². The summed E-state index contributed by atoms with van der Waals surface area (Å²) in [6, 6.07) is 10.4. The number of nitrogens with one attached hydrogen (secondary N) is 1. The molecule has 0 bridgehead atoms. The third kappa shape index (κ3) is 5.61. The highest BCUT2D eigenvalue weighted by Crippen LogP contribution is 2.17. The normalized spacial score (nSPS) is 12.7. The van der Waals surface area contributed by atoms with Gasteiger partial charge in [-0.2, -0.15) is 4.31 Å². The average Bonchev–Trinajstić information content (AvgIpc) is 2.68. The number of carbonyl (C=O) groups excluding carboxylic acids is 1. The number of carbonyl (C=O) groups is 1. The quantitative estimate of drug-likeness (QED) is 0.715. The van der Waals surface area contributed by atoms with Crippen molar-refractivity contribution in [2.45, 2.75) is 44.6 Å². The first kappa shape index (κ1) is 21.1. The SMILES string of the molecule is CCN(CC)S(=O)(=O)c1ccc(CCC(=O)NC(C)c2cccnc2)cc1. The Labute approximate surface area is 161 Å². The van der Waals surface area contributed by atoms with Crippen LogP contribution in [0, 0.1) is 0 Å². The molecule has 1 aromatic heterocycles. The monoisotopic (exact) mass is 389 g/mol. The Morgan fingerprint density at radius 1 is 1.15 bits per heavy atom. The molecule has 0 spiro atoms. The van der Waals surface area contributed by atoms with Gasteiger partial charge in [0, 0.05) is 31.9 Å². The van der Waals surface area contributed by atoms with Crippen molar-refractivity contribution < 1.29 is 13.2 Å². The molecule has 0 aliphatic carbocycles. The van der Waals surface area contributed by atoms with Crippen molar-refractivity contribution in [2.24, 2.45) is 0 Å². The first-order valence-electron chi connectivity index (χ1n) is 9.16. The molecule has 1 heterocycles. The molecule has 1 N–H and O–H groups in total. The molecule has 2 aromatic rings. The van der Waals surface area contributed by atoms with Crippen LogP contribution in [0.15, 0.2) is 53.7 Å². The third-order valence-corrected chi connectivity index (χ3v) is 6.53.